The molecule has 0 radical (unpaired) electrons. The third-order valence-electron chi connectivity index (χ3n) is 2.48. The van der Waals surface area contributed by atoms with Crippen LogP contribution in [-0.2, 0) is 4.79 Å². The Morgan fingerprint density at radius 2 is 1.95 bits per heavy atom. The molecule has 1 aromatic rings. The van der Waals surface area contributed by atoms with Crippen LogP contribution < -0.4 is 14.8 Å². The summed E-state index contributed by atoms with van der Waals surface area (Å²) in [5, 5.41) is 2.55. The van der Waals surface area contributed by atoms with Crippen LogP contribution in [0.3, 0.4) is 0 Å². The van der Waals surface area contributed by atoms with E-state index in [1.807, 2.05) is 19.1 Å². The second-order valence-electron chi connectivity index (χ2n) is 3.94. The number of hydrogen-bond donors (Lipinski definition) is 1. The van der Waals surface area contributed by atoms with Gasteiger partial charge < -0.3 is 14.8 Å². The summed E-state index contributed by atoms with van der Waals surface area (Å²) in [5.41, 5.74) is 1.62. The predicted octanol–water partition coefficient (Wildman–Crippen LogP) is 2.57. The van der Waals surface area contributed by atoms with Gasteiger partial charge in [-0.2, -0.15) is 0 Å². The number of thiocarbonyl (C=S) groups is 1. The van der Waals surface area contributed by atoms with Gasteiger partial charge in [0.15, 0.2) is 0 Å². The van der Waals surface area contributed by atoms with Crippen LogP contribution in [0.4, 0.5) is 0 Å². The fraction of sp³-hybridized carbons (Fsp3) is 0.286. The van der Waals surface area contributed by atoms with E-state index in [4.69, 9.17) is 21.7 Å². The molecule has 1 aromatic carbocycles. The number of benzene rings is 1. The van der Waals surface area contributed by atoms with Crippen molar-refractivity contribution in [3.8, 4) is 11.5 Å². The summed E-state index contributed by atoms with van der Waals surface area (Å²) < 4.78 is 10.4. The lowest BCUT2D eigenvalue weighted by molar-refractivity contribution is -0.115. The summed E-state index contributed by atoms with van der Waals surface area (Å²) in [4.78, 5) is 12.1. The first-order valence-corrected chi connectivity index (χ1v) is 6.11. The SMILES string of the molecule is COc1ccc(/C(C)=C/C(=O)NC(C)=S)c(OC)c1. The first-order chi connectivity index (χ1) is 8.97. The van der Waals surface area contributed by atoms with Gasteiger partial charge >= 0.3 is 0 Å². The van der Waals surface area contributed by atoms with Crippen LogP contribution >= 0.6 is 12.2 Å². The van der Waals surface area contributed by atoms with E-state index in [0.717, 1.165) is 11.1 Å². The summed E-state index contributed by atoms with van der Waals surface area (Å²) in [6.45, 7) is 3.49. The van der Waals surface area contributed by atoms with Gasteiger partial charge in [0.1, 0.15) is 11.5 Å². The van der Waals surface area contributed by atoms with Gasteiger partial charge in [-0.1, -0.05) is 12.2 Å². The average Bonchev–Trinajstić information content (AvgIpc) is 2.36. The molecule has 0 aromatic heterocycles. The molecule has 1 rings (SSSR count). The van der Waals surface area contributed by atoms with E-state index in [1.165, 1.54) is 6.08 Å². The molecule has 0 atom stereocenters. The normalized spacial score (nSPS) is 10.8. The monoisotopic (exact) mass is 279 g/mol. The highest BCUT2D eigenvalue weighted by Crippen LogP contribution is 2.29. The van der Waals surface area contributed by atoms with Gasteiger partial charge in [0.2, 0.25) is 5.91 Å². The minimum absolute atomic E-state index is 0.247. The molecule has 0 saturated heterocycles. The first-order valence-electron chi connectivity index (χ1n) is 5.70. The minimum Gasteiger partial charge on any atom is -0.497 e. The second-order valence-corrected chi connectivity index (χ2v) is 4.55. The van der Waals surface area contributed by atoms with Crippen LogP contribution in [0.5, 0.6) is 11.5 Å². The number of allylic oxidation sites excluding steroid dienone is 1. The minimum atomic E-state index is -0.247. The van der Waals surface area contributed by atoms with Crippen molar-refractivity contribution in [2.75, 3.05) is 14.2 Å². The summed E-state index contributed by atoms with van der Waals surface area (Å²) >= 11 is 4.82. The molecule has 19 heavy (non-hydrogen) atoms. The number of ether oxygens (including phenoxy) is 2. The fourth-order valence-electron chi connectivity index (χ4n) is 1.61. The smallest absolute Gasteiger partial charge is 0.249 e. The molecule has 1 amide bonds. The predicted molar refractivity (Wildman–Crippen MR) is 79.6 cm³/mol. The summed E-state index contributed by atoms with van der Waals surface area (Å²) in [6, 6.07) is 5.44. The van der Waals surface area contributed by atoms with Crippen LogP contribution in [-0.4, -0.2) is 25.1 Å². The molecular formula is C14H17NO3S. The molecule has 0 aliphatic carbocycles. The Kier molecular flexibility index (Phi) is 5.51. The largest absolute Gasteiger partial charge is 0.497 e. The van der Waals surface area contributed by atoms with E-state index in [9.17, 15) is 4.79 Å². The third-order valence-corrected chi connectivity index (χ3v) is 2.58. The van der Waals surface area contributed by atoms with E-state index in [-0.39, 0.29) is 5.91 Å². The summed E-state index contributed by atoms with van der Waals surface area (Å²) in [6.07, 6.45) is 1.49. The van der Waals surface area contributed by atoms with Crippen molar-refractivity contribution < 1.29 is 14.3 Å². The van der Waals surface area contributed by atoms with Crippen molar-refractivity contribution in [1.82, 2.24) is 5.32 Å². The average molecular weight is 279 g/mol. The van der Waals surface area contributed by atoms with Crippen molar-refractivity contribution in [3.05, 3.63) is 29.8 Å². The van der Waals surface area contributed by atoms with Crippen molar-refractivity contribution in [3.63, 3.8) is 0 Å². The van der Waals surface area contributed by atoms with Crippen molar-refractivity contribution in [2.24, 2.45) is 0 Å². The zero-order valence-corrected chi connectivity index (χ0v) is 12.3. The maximum atomic E-state index is 11.6. The summed E-state index contributed by atoms with van der Waals surface area (Å²) in [7, 11) is 3.17. The van der Waals surface area contributed by atoms with Gasteiger partial charge in [0.25, 0.3) is 0 Å². The van der Waals surface area contributed by atoms with Gasteiger partial charge in [-0.25, -0.2) is 0 Å². The Morgan fingerprint density at radius 1 is 1.26 bits per heavy atom. The van der Waals surface area contributed by atoms with Crippen molar-refractivity contribution in [2.45, 2.75) is 13.8 Å². The highest BCUT2D eigenvalue weighted by Gasteiger charge is 2.08. The first kappa shape index (κ1) is 15.2. The van der Waals surface area contributed by atoms with Crippen LogP contribution in [0, 0.1) is 0 Å². The number of rotatable bonds is 4. The lowest BCUT2D eigenvalue weighted by Crippen LogP contribution is -2.24. The number of carbonyl (C=O) groups is 1. The van der Waals surface area contributed by atoms with Crippen LogP contribution in [0.15, 0.2) is 24.3 Å². The molecule has 0 aliphatic rings. The standard InChI is InChI=1S/C14H17NO3S/c1-9(7-14(16)15-10(2)19)12-6-5-11(17-3)8-13(12)18-4/h5-8H,1-4H3,(H,15,16,19)/b9-7+. The topological polar surface area (TPSA) is 47.6 Å². The zero-order chi connectivity index (χ0) is 14.4. The quantitative estimate of drug-likeness (QED) is 0.680. The van der Waals surface area contributed by atoms with Crippen LogP contribution in [0.1, 0.15) is 19.4 Å². The maximum Gasteiger partial charge on any atom is 0.249 e. The molecular weight excluding hydrogens is 262 g/mol. The van der Waals surface area contributed by atoms with Crippen molar-refractivity contribution in [1.29, 1.82) is 0 Å². The van der Waals surface area contributed by atoms with Crippen LogP contribution in [0.2, 0.25) is 0 Å². The lowest BCUT2D eigenvalue weighted by atomic mass is 10.1. The fourth-order valence-corrected chi connectivity index (χ4v) is 1.71. The third kappa shape index (κ3) is 4.37. The Morgan fingerprint density at radius 3 is 2.47 bits per heavy atom. The number of methoxy groups -OCH3 is 2. The number of carbonyl (C=O) groups excluding carboxylic acids is 1. The van der Waals surface area contributed by atoms with E-state index in [2.05, 4.69) is 5.32 Å². The van der Waals surface area contributed by atoms with Gasteiger partial charge in [-0.3, -0.25) is 4.79 Å². The Hall–Kier alpha value is -1.88. The van der Waals surface area contributed by atoms with E-state index in [0.29, 0.717) is 16.5 Å². The Balaban J connectivity index is 3.04. The molecule has 102 valence electrons. The molecule has 0 heterocycles. The molecule has 4 nitrogen and oxygen atoms in total. The molecule has 0 aliphatic heterocycles. The zero-order valence-electron chi connectivity index (χ0n) is 11.4. The Labute approximate surface area is 118 Å². The van der Waals surface area contributed by atoms with E-state index in [1.54, 1.807) is 27.2 Å². The number of amides is 1. The number of hydrogen-bond acceptors (Lipinski definition) is 4. The molecule has 0 saturated carbocycles. The molecule has 0 spiro atoms. The van der Waals surface area contributed by atoms with Gasteiger partial charge in [0.05, 0.1) is 19.2 Å². The molecule has 0 fully saturated rings. The van der Waals surface area contributed by atoms with Gasteiger partial charge in [-0.15, -0.1) is 0 Å². The van der Waals surface area contributed by atoms with Gasteiger partial charge in [0, 0.05) is 17.7 Å². The molecule has 1 N–H and O–H groups in total. The highest BCUT2D eigenvalue weighted by molar-refractivity contribution is 7.80. The van der Waals surface area contributed by atoms with Gasteiger partial charge in [-0.05, 0) is 31.6 Å². The summed E-state index contributed by atoms with van der Waals surface area (Å²) in [5.74, 6) is 1.11. The van der Waals surface area contributed by atoms with E-state index < -0.39 is 0 Å². The maximum absolute atomic E-state index is 11.6. The second kappa shape index (κ2) is 6.89. The highest BCUT2D eigenvalue weighted by atomic mass is 32.1. The van der Waals surface area contributed by atoms with Crippen molar-refractivity contribution >= 4 is 28.7 Å². The van der Waals surface area contributed by atoms with Crippen LogP contribution in [0.25, 0.3) is 5.57 Å². The Bertz CT molecular complexity index is 523. The molecule has 0 bridgehead atoms. The number of nitrogens with one attached hydrogen (secondary N) is 1. The molecule has 0 unspecified atom stereocenters. The molecule has 5 heteroatoms. The van der Waals surface area contributed by atoms with E-state index >= 15 is 0 Å². The lowest BCUT2D eigenvalue weighted by Gasteiger charge is -2.10.